The molecular weight excluding hydrogens is 238 g/mol. The molecule has 1 saturated heterocycles. The van der Waals surface area contributed by atoms with Gasteiger partial charge in [-0.15, -0.1) is 0 Å². The maximum absolute atomic E-state index is 12.7. The molecule has 0 unspecified atom stereocenters. The van der Waals surface area contributed by atoms with Crippen molar-refractivity contribution >= 4 is 5.78 Å². The van der Waals surface area contributed by atoms with Gasteiger partial charge in [0, 0.05) is 18.7 Å². The first-order valence-corrected chi connectivity index (χ1v) is 7.24. The van der Waals surface area contributed by atoms with Gasteiger partial charge < -0.3 is 4.74 Å². The number of benzene rings is 1. The van der Waals surface area contributed by atoms with Gasteiger partial charge in [0.05, 0.1) is 19.3 Å². The number of hydrogen-bond acceptors (Lipinski definition) is 3. The van der Waals surface area contributed by atoms with Crippen LogP contribution in [0.25, 0.3) is 0 Å². The number of rotatable bonds is 6. The molecule has 1 atom stereocenters. The average Bonchev–Trinajstić information content (AvgIpc) is 2.49. The first-order valence-electron chi connectivity index (χ1n) is 7.24. The van der Waals surface area contributed by atoms with Crippen LogP contribution in [0.4, 0.5) is 0 Å². The van der Waals surface area contributed by atoms with Crippen LogP contribution in [0.5, 0.6) is 0 Å². The Morgan fingerprint density at radius 2 is 1.95 bits per heavy atom. The number of morpholine rings is 1. The Hall–Kier alpha value is -1.19. The standard InChI is InChI=1S/C16H23NO2/c1-2-3-9-15(17-10-12-19-13-11-17)16(18)14-7-5-4-6-8-14/h4-8,15H,2-3,9-13H2,1H3/t15-/m1/s1. The molecule has 3 nitrogen and oxygen atoms in total. The van der Waals surface area contributed by atoms with E-state index in [4.69, 9.17) is 4.74 Å². The molecule has 1 aromatic carbocycles. The highest BCUT2D eigenvalue weighted by atomic mass is 16.5. The van der Waals surface area contributed by atoms with Gasteiger partial charge in [-0.05, 0) is 6.42 Å². The summed E-state index contributed by atoms with van der Waals surface area (Å²) in [6.07, 6.45) is 3.17. The van der Waals surface area contributed by atoms with Crippen LogP contribution in [0, 0.1) is 0 Å². The highest BCUT2D eigenvalue weighted by molar-refractivity contribution is 6.00. The molecule has 1 heterocycles. The second kappa shape index (κ2) is 7.41. The highest BCUT2D eigenvalue weighted by Crippen LogP contribution is 2.16. The lowest BCUT2D eigenvalue weighted by molar-refractivity contribution is 0.0157. The normalized spacial score (nSPS) is 18.2. The molecule has 1 aromatic rings. The Morgan fingerprint density at radius 3 is 2.58 bits per heavy atom. The van der Waals surface area contributed by atoms with Crippen molar-refractivity contribution in [1.29, 1.82) is 0 Å². The number of hydrogen-bond donors (Lipinski definition) is 0. The molecule has 0 aliphatic carbocycles. The summed E-state index contributed by atoms with van der Waals surface area (Å²) >= 11 is 0. The summed E-state index contributed by atoms with van der Waals surface area (Å²) in [6, 6.07) is 9.68. The first kappa shape index (κ1) is 14.2. The van der Waals surface area contributed by atoms with Crippen molar-refractivity contribution in [1.82, 2.24) is 4.90 Å². The van der Waals surface area contributed by atoms with Gasteiger partial charge in [0.2, 0.25) is 0 Å². The summed E-state index contributed by atoms with van der Waals surface area (Å²) < 4.78 is 5.39. The highest BCUT2D eigenvalue weighted by Gasteiger charge is 2.27. The van der Waals surface area contributed by atoms with Crippen LogP contribution in [0.2, 0.25) is 0 Å². The lowest BCUT2D eigenvalue weighted by Crippen LogP contribution is -2.47. The van der Waals surface area contributed by atoms with Crippen LogP contribution in [-0.4, -0.2) is 43.0 Å². The van der Waals surface area contributed by atoms with Crippen molar-refractivity contribution in [2.24, 2.45) is 0 Å². The number of ketones is 1. The molecule has 3 heteroatoms. The van der Waals surface area contributed by atoms with E-state index in [1.54, 1.807) is 0 Å². The lowest BCUT2D eigenvalue weighted by atomic mass is 9.97. The summed E-state index contributed by atoms with van der Waals surface area (Å²) in [5, 5.41) is 0. The van der Waals surface area contributed by atoms with Crippen LogP contribution in [0.3, 0.4) is 0 Å². The van der Waals surface area contributed by atoms with Crippen LogP contribution in [-0.2, 0) is 4.74 Å². The van der Waals surface area contributed by atoms with Gasteiger partial charge in [0.15, 0.2) is 5.78 Å². The molecule has 0 N–H and O–H groups in total. The Labute approximate surface area is 115 Å². The summed E-state index contributed by atoms with van der Waals surface area (Å²) in [6.45, 7) is 5.39. The first-order chi connectivity index (χ1) is 9.33. The third kappa shape index (κ3) is 3.88. The van der Waals surface area contributed by atoms with Crippen molar-refractivity contribution in [2.45, 2.75) is 32.2 Å². The maximum Gasteiger partial charge on any atom is 0.179 e. The summed E-state index contributed by atoms with van der Waals surface area (Å²) in [5.41, 5.74) is 0.829. The predicted octanol–water partition coefficient (Wildman–Crippen LogP) is 2.76. The Balaban J connectivity index is 2.09. The van der Waals surface area contributed by atoms with Gasteiger partial charge >= 0.3 is 0 Å². The molecule has 0 bridgehead atoms. The zero-order chi connectivity index (χ0) is 13.5. The number of ether oxygens (including phenoxy) is 1. The van der Waals surface area contributed by atoms with Gasteiger partial charge in [-0.3, -0.25) is 9.69 Å². The number of carbonyl (C=O) groups is 1. The minimum Gasteiger partial charge on any atom is -0.379 e. The molecule has 0 aromatic heterocycles. The molecule has 1 aliphatic heterocycles. The SMILES string of the molecule is CCCC[C@H](C(=O)c1ccccc1)N1CCOCC1. The van der Waals surface area contributed by atoms with E-state index in [1.165, 1.54) is 0 Å². The van der Waals surface area contributed by atoms with Gasteiger partial charge in [-0.1, -0.05) is 50.1 Å². The topological polar surface area (TPSA) is 29.5 Å². The molecule has 104 valence electrons. The minimum absolute atomic E-state index is 0.0197. The molecule has 2 rings (SSSR count). The van der Waals surface area contributed by atoms with E-state index < -0.39 is 0 Å². The third-order valence-electron chi connectivity index (χ3n) is 3.68. The largest absolute Gasteiger partial charge is 0.379 e. The van der Waals surface area contributed by atoms with Crippen LogP contribution in [0.15, 0.2) is 30.3 Å². The van der Waals surface area contributed by atoms with Crippen molar-refractivity contribution < 1.29 is 9.53 Å². The van der Waals surface area contributed by atoms with E-state index in [9.17, 15) is 4.79 Å². The predicted molar refractivity (Wildman–Crippen MR) is 76.5 cm³/mol. The molecule has 0 radical (unpaired) electrons. The smallest absolute Gasteiger partial charge is 0.179 e. The molecule has 1 fully saturated rings. The number of Topliss-reactive ketones (excluding diaryl/α,β-unsaturated/α-hetero) is 1. The zero-order valence-corrected chi connectivity index (χ0v) is 11.7. The number of carbonyl (C=O) groups excluding carboxylic acids is 1. The molecule has 0 spiro atoms. The van der Waals surface area contributed by atoms with Crippen molar-refractivity contribution in [3.05, 3.63) is 35.9 Å². The Bertz CT molecular complexity index is 385. The summed E-state index contributed by atoms with van der Waals surface area (Å²) in [4.78, 5) is 15.0. The van der Waals surface area contributed by atoms with E-state index in [0.29, 0.717) is 0 Å². The molecule has 0 saturated carbocycles. The fraction of sp³-hybridized carbons (Fsp3) is 0.562. The molecule has 0 amide bonds. The van der Waals surface area contributed by atoms with E-state index in [1.807, 2.05) is 30.3 Å². The fourth-order valence-electron chi connectivity index (χ4n) is 2.56. The summed E-state index contributed by atoms with van der Waals surface area (Å²) in [7, 11) is 0. The van der Waals surface area contributed by atoms with Crippen molar-refractivity contribution in [3.8, 4) is 0 Å². The van der Waals surface area contributed by atoms with Crippen molar-refractivity contribution in [2.75, 3.05) is 26.3 Å². The zero-order valence-electron chi connectivity index (χ0n) is 11.7. The van der Waals surface area contributed by atoms with Gasteiger partial charge in [0.1, 0.15) is 0 Å². The average molecular weight is 261 g/mol. The van der Waals surface area contributed by atoms with E-state index >= 15 is 0 Å². The van der Waals surface area contributed by atoms with Crippen LogP contribution < -0.4 is 0 Å². The van der Waals surface area contributed by atoms with E-state index in [2.05, 4.69) is 11.8 Å². The fourth-order valence-corrected chi connectivity index (χ4v) is 2.56. The second-order valence-electron chi connectivity index (χ2n) is 5.04. The van der Waals surface area contributed by atoms with Gasteiger partial charge in [0.25, 0.3) is 0 Å². The van der Waals surface area contributed by atoms with Crippen LogP contribution >= 0.6 is 0 Å². The molecule has 1 aliphatic rings. The minimum atomic E-state index is 0.0197. The summed E-state index contributed by atoms with van der Waals surface area (Å²) in [5.74, 6) is 0.260. The molecule has 19 heavy (non-hydrogen) atoms. The van der Waals surface area contributed by atoms with Crippen molar-refractivity contribution in [3.63, 3.8) is 0 Å². The monoisotopic (exact) mass is 261 g/mol. The lowest BCUT2D eigenvalue weighted by Gasteiger charge is -2.33. The van der Waals surface area contributed by atoms with Gasteiger partial charge in [-0.25, -0.2) is 0 Å². The quantitative estimate of drug-likeness (QED) is 0.737. The van der Waals surface area contributed by atoms with E-state index in [0.717, 1.165) is 51.1 Å². The molecular formula is C16H23NO2. The van der Waals surface area contributed by atoms with E-state index in [-0.39, 0.29) is 11.8 Å². The Morgan fingerprint density at radius 1 is 1.26 bits per heavy atom. The van der Waals surface area contributed by atoms with Crippen LogP contribution in [0.1, 0.15) is 36.5 Å². The third-order valence-corrected chi connectivity index (χ3v) is 3.68. The van der Waals surface area contributed by atoms with Gasteiger partial charge in [-0.2, -0.15) is 0 Å². The number of unbranched alkanes of at least 4 members (excludes halogenated alkanes) is 1. The second-order valence-corrected chi connectivity index (χ2v) is 5.04. The maximum atomic E-state index is 12.7. The number of nitrogens with zero attached hydrogens (tertiary/aromatic N) is 1. The Kier molecular flexibility index (Phi) is 5.55.